The predicted octanol–water partition coefficient (Wildman–Crippen LogP) is 3.58. The number of anilines is 1. The lowest BCUT2D eigenvalue weighted by molar-refractivity contribution is -0.133. The van der Waals surface area contributed by atoms with Crippen LogP contribution in [0, 0.1) is 0 Å². The van der Waals surface area contributed by atoms with Gasteiger partial charge >= 0.3 is 0 Å². The molecule has 0 saturated heterocycles. The normalized spacial score (nSPS) is 10.2. The molecule has 1 rings (SSSR count). The molecule has 0 fully saturated rings. The van der Waals surface area contributed by atoms with Gasteiger partial charge in [-0.3, -0.25) is 9.59 Å². The molecular formula is C14H18Cl2N2O2. The highest BCUT2D eigenvalue weighted by molar-refractivity contribution is 6.39. The monoisotopic (exact) mass is 316 g/mol. The van der Waals surface area contributed by atoms with Crippen LogP contribution in [-0.2, 0) is 9.59 Å². The molecule has 1 aromatic rings. The third-order valence-corrected chi connectivity index (χ3v) is 3.44. The van der Waals surface area contributed by atoms with Crippen LogP contribution in [0.3, 0.4) is 0 Å². The van der Waals surface area contributed by atoms with Gasteiger partial charge in [0.15, 0.2) is 0 Å². The van der Waals surface area contributed by atoms with Crippen LogP contribution in [0.4, 0.5) is 5.69 Å². The summed E-state index contributed by atoms with van der Waals surface area (Å²) in [6.07, 6.45) is 1.70. The number of para-hydroxylation sites is 1. The van der Waals surface area contributed by atoms with Crippen LogP contribution in [-0.4, -0.2) is 30.3 Å². The Morgan fingerprint density at radius 1 is 1.25 bits per heavy atom. The van der Waals surface area contributed by atoms with Gasteiger partial charge in [0.1, 0.15) is 6.42 Å². The third kappa shape index (κ3) is 5.02. The van der Waals surface area contributed by atoms with Crippen molar-refractivity contribution in [1.82, 2.24) is 4.90 Å². The molecule has 0 saturated carbocycles. The molecule has 4 nitrogen and oxygen atoms in total. The fraction of sp³-hybridized carbons (Fsp3) is 0.429. The summed E-state index contributed by atoms with van der Waals surface area (Å²) in [7, 11) is 1.69. The van der Waals surface area contributed by atoms with Crippen LogP contribution in [0.15, 0.2) is 18.2 Å². The number of carbonyl (C=O) groups is 2. The van der Waals surface area contributed by atoms with Crippen LogP contribution < -0.4 is 5.32 Å². The van der Waals surface area contributed by atoms with Crippen molar-refractivity contribution in [2.24, 2.45) is 0 Å². The van der Waals surface area contributed by atoms with E-state index in [1.165, 1.54) is 0 Å². The molecule has 0 spiro atoms. The Morgan fingerprint density at radius 3 is 2.40 bits per heavy atom. The molecule has 0 radical (unpaired) electrons. The Balaban J connectivity index is 2.57. The topological polar surface area (TPSA) is 49.4 Å². The van der Waals surface area contributed by atoms with Crippen LogP contribution in [0.5, 0.6) is 0 Å². The fourth-order valence-corrected chi connectivity index (χ4v) is 2.09. The molecule has 0 unspecified atom stereocenters. The van der Waals surface area contributed by atoms with E-state index in [0.717, 1.165) is 12.8 Å². The zero-order chi connectivity index (χ0) is 15.1. The second kappa shape index (κ2) is 8.12. The molecule has 0 aliphatic heterocycles. The standard InChI is InChI=1S/C14H18Cl2N2O2/c1-3-4-8-18(2)13(20)9-12(19)17-14-10(15)6-5-7-11(14)16/h5-7H,3-4,8-9H2,1-2H3,(H,17,19). The van der Waals surface area contributed by atoms with Crippen LogP contribution >= 0.6 is 23.2 Å². The van der Waals surface area contributed by atoms with E-state index in [1.54, 1.807) is 30.1 Å². The maximum Gasteiger partial charge on any atom is 0.233 e. The van der Waals surface area contributed by atoms with E-state index in [1.807, 2.05) is 6.92 Å². The zero-order valence-corrected chi connectivity index (χ0v) is 13.1. The molecular weight excluding hydrogens is 299 g/mol. The van der Waals surface area contributed by atoms with Gasteiger partial charge in [-0.15, -0.1) is 0 Å². The first-order valence-corrected chi connectivity index (χ1v) is 7.19. The van der Waals surface area contributed by atoms with Crippen molar-refractivity contribution in [3.05, 3.63) is 28.2 Å². The molecule has 0 aromatic heterocycles. The second-order valence-electron chi connectivity index (χ2n) is 4.49. The second-order valence-corrected chi connectivity index (χ2v) is 5.30. The van der Waals surface area contributed by atoms with Crippen LogP contribution in [0.1, 0.15) is 26.2 Å². The van der Waals surface area contributed by atoms with Gasteiger partial charge in [-0.2, -0.15) is 0 Å². The minimum Gasteiger partial charge on any atom is -0.345 e. The van der Waals surface area contributed by atoms with Crippen molar-refractivity contribution >= 4 is 40.7 Å². The zero-order valence-electron chi connectivity index (χ0n) is 11.6. The smallest absolute Gasteiger partial charge is 0.233 e. The molecule has 0 aliphatic carbocycles. The van der Waals surface area contributed by atoms with E-state index in [4.69, 9.17) is 23.2 Å². The molecule has 6 heteroatoms. The van der Waals surface area contributed by atoms with Crippen molar-refractivity contribution in [2.45, 2.75) is 26.2 Å². The average molecular weight is 317 g/mol. The van der Waals surface area contributed by atoms with E-state index in [-0.39, 0.29) is 12.3 Å². The van der Waals surface area contributed by atoms with Gasteiger partial charge in [0.2, 0.25) is 11.8 Å². The minimum atomic E-state index is -0.423. The minimum absolute atomic E-state index is 0.220. The van der Waals surface area contributed by atoms with Gasteiger partial charge in [-0.25, -0.2) is 0 Å². The average Bonchev–Trinajstić information content (AvgIpc) is 2.40. The molecule has 1 N–H and O–H groups in total. The summed E-state index contributed by atoms with van der Waals surface area (Å²) in [4.78, 5) is 25.2. The van der Waals surface area contributed by atoms with Gasteiger partial charge in [0.25, 0.3) is 0 Å². The molecule has 110 valence electrons. The highest BCUT2D eigenvalue weighted by Gasteiger charge is 2.15. The number of amides is 2. The lowest BCUT2D eigenvalue weighted by Gasteiger charge is -2.16. The molecule has 0 bridgehead atoms. The molecule has 2 amide bonds. The Labute approximate surface area is 129 Å². The summed E-state index contributed by atoms with van der Waals surface area (Å²) in [5.41, 5.74) is 0.338. The maximum atomic E-state index is 11.8. The Bertz CT molecular complexity index is 472. The van der Waals surface area contributed by atoms with Crippen LogP contribution in [0.2, 0.25) is 10.0 Å². The summed E-state index contributed by atoms with van der Waals surface area (Å²) in [5.74, 6) is -0.646. The van der Waals surface area contributed by atoms with E-state index in [2.05, 4.69) is 5.32 Å². The molecule has 0 atom stereocenters. The number of nitrogens with one attached hydrogen (secondary N) is 1. The van der Waals surface area contributed by atoms with E-state index in [9.17, 15) is 9.59 Å². The van der Waals surface area contributed by atoms with Crippen LogP contribution in [0.25, 0.3) is 0 Å². The SMILES string of the molecule is CCCCN(C)C(=O)CC(=O)Nc1c(Cl)cccc1Cl. The first-order valence-electron chi connectivity index (χ1n) is 6.43. The number of benzene rings is 1. The van der Waals surface area contributed by atoms with Crippen molar-refractivity contribution in [1.29, 1.82) is 0 Å². The van der Waals surface area contributed by atoms with E-state index < -0.39 is 5.91 Å². The van der Waals surface area contributed by atoms with Gasteiger partial charge in [-0.05, 0) is 18.6 Å². The predicted molar refractivity (Wildman–Crippen MR) is 82.3 cm³/mol. The number of halogens is 2. The first kappa shape index (κ1) is 16.8. The molecule has 20 heavy (non-hydrogen) atoms. The lowest BCUT2D eigenvalue weighted by atomic mass is 10.2. The summed E-state index contributed by atoms with van der Waals surface area (Å²) < 4.78 is 0. The number of rotatable bonds is 6. The third-order valence-electron chi connectivity index (χ3n) is 2.81. The number of hydrogen-bond donors (Lipinski definition) is 1. The lowest BCUT2D eigenvalue weighted by Crippen LogP contribution is -2.31. The number of carbonyl (C=O) groups excluding carboxylic acids is 2. The van der Waals surface area contributed by atoms with Crippen molar-refractivity contribution in [2.75, 3.05) is 18.9 Å². The fourth-order valence-electron chi connectivity index (χ4n) is 1.59. The first-order chi connectivity index (χ1) is 9.45. The molecule has 1 aromatic carbocycles. The molecule has 0 aliphatic rings. The summed E-state index contributed by atoms with van der Waals surface area (Å²) >= 11 is 11.9. The summed E-state index contributed by atoms with van der Waals surface area (Å²) in [5, 5.41) is 3.26. The van der Waals surface area contributed by atoms with Gasteiger partial charge in [-0.1, -0.05) is 42.6 Å². The summed E-state index contributed by atoms with van der Waals surface area (Å²) in [6, 6.07) is 4.93. The van der Waals surface area contributed by atoms with Crippen molar-refractivity contribution < 1.29 is 9.59 Å². The van der Waals surface area contributed by atoms with E-state index in [0.29, 0.717) is 22.3 Å². The number of unbranched alkanes of at least 4 members (excludes halogenated alkanes) is 1. The highest BCUT2D eigenvalue weighted by Crippen LogP contribution is 2.29. The Kier molecular flexibility index (Phi) is 6.82. The van der Waals surface area contributed by atoms with Gasteiger partial charge in [0.05, 0.1) is 15.7 Å². The molecule has 0 heterocycles. The van der Waals surface area contributed by atoms with Gasteiger partial charge in [0, 0.05) is 13.6 Å². The maximum absolute atomic E-state index is 11.8. The van der Waals surface area contributed by atoms with Gasteiger partial charge < -0.3 is 10.2 Å². The van der Waals surface area contributed by atoms with E-state index >= 15 is 0 Å². The number of nitrogens with zero attached hydrogens (tertiary/aromatic N) is 1. The Morgan fingerprint density at radius 2 is 1.85 bits per heavy atom. The summed E-state index contributed by atoms with van der Waals surface area (Å²) in [6.45, 7) is 2.69. The van der Waals surface area contributed by atoms with Crippen molar-refractivity contribution in [3.8, 4) is 0 Å². The van der Waals surface area contributed by atoms with Crippen molar-refractivity contribution in [3.63, 3.8) is 0 Å². The highest BCUT2D eigenvalue weighted by atomic mass is 35.5. The largest absolute Gasteiger partial charge is 0.345 e. The Hall–Kier alpha value is -1.26. The number of hydrogen-bond acceptors (Lipinski definition) is 2. The quantitative estimate of drug-likeness (QED) is 0.815.